The van der Waals surface area contributed by atoms with Gasteiger partial charge in [-0.3, -0.25) is 0 Å². The second-order valence-electron chi connectivity index (χ2n) is 4.76. The van der Waals surface area contributed by atoms with Crippen LogP contribution in [0.3, 0.4) is 0 Å². The monoisotopic (exact) mass is 388 g/mol. The molecule has 0 spiro atoms. The molecule has 1 aromatic rings. The lowest BCUT2D eigenvalue weighted by molar-refractivity contribution is 0.465. The number of rotatable bonds is 6. The van der Waals surface area contributed by atoms with Crippen LogP contribution in [-0.4, -0.2) is 21.0 Å². The summed E-state index contributed by atoms with van der Waals surface area (Å²) >= 11 is 2.98. The van der Waals surface area contributed by atoms with E-state index in [-0.39, 0.29) is 34.4 Å². The van der Waals surface area contributed by atoms with Gasteiger partial charge in [0, 0.05) is 12.6 Å². The van der Waals surface area contributed by atoms with Gasteiger partial charge in [0.1, 0.15) is 5.82 Å². The minimum Gasteiger partial charge on any atom is -0.329 e. The molecule has 1 rings (SSSR count). The molecule has 0 bridgehead atoms. The third-order valence-electron chi connectivity index (χ3n) is 2.56. The van der Waals surface area contributed by atoms with Crippen LogP contribution in [0.15, 0.2) is 27.6 Å². The molecule has 0 aliphatic heterocycles. The summed E-state index contributed by atoms with van der Waals surface area (Å²) in [6.07, 6.45) is 0.634. The summed E-state index contributed by atoms with van der Waals surface area (Å²) in [6, 6.07) is 3.34. The van der Waals surface area contributed by atoms with Crippen molar-refractivity contribution in [1.82, 2.24) is 4.72 Å². The van der Waals surface area contributed by atoms with E-state index >= 15 is 0 Å². The third kappa shape index (κ3) is 5.65. The molecule has 3 N–H and O–H groups in total. The average molecular weight is 390 g/mol. The van der Waals surface area contributed by atoms with Crippen molar-refractivity contribution in [3.8, 4) is 0 Å². The fourth-order valence-corrected chi connectivity index (χ4v) is 3.21. The van der Waals surface area contributed by atoms with Gasteiger partial charge in [-0.1, -0.05) is 13.8 Å². The van der Waals surface area contributed by atoms with Crippen molar-refractivity contribution < 1.29 is 12.8 Å². The third-order valence-corrected chi connectivity index (χ3v) is 4.72. The van der Waals surface area contributed by atoms with Crippen LogP contribution in [0.2, 0.25) is 0 Å². The average Bonchev–Trinajstić information content (AvgIpc) is 2.30. The van der Waals surface area contributed by atoms with Gasteiger partial charge in [0.2, 0.25) is 10.0 Å². The Labute approximate surface area is 133 Å². The number of nitrogens with one attached hydrogen (secondary N) is 1. The molecule has 0 saturated carbocycles. The van der Waals surface area contributed by atoms with E-state index in [9.17, 15) is 12.8 Å². The first-order valence-electron chi connectivity index (χ1n) is 5.93. The van der Waals surface area contributed by atoms with Crippen molar-refractivity contribution in [2.45, 2.75) is 31.2 Å². The van der Waals surface area contributed by atoms with Gasteiger partial charge in [0.25, 0.3) is 0 Å². The van der Waals surface area contributed by atoms with Gasteiger partial charge in [-0.05, 0) is 46.5 Å². The topological polar surface area (TPSA) is 72.2 Å². The first-order chi connectivity index (χ1) is 8.76. The second-order valence-corrected chi connectivity index (χ2v) is 7.33. The Morgan fingerprint density at radius 3 is 2.45 bits per heavy atom. The van der Waals surface area contributed by atoms with E-state index in [4.69, 9.17) is 5.73 Å². The van der Waals surface area contributed by atoms with Gasteiger partial charge in [-0.2, -0.15) is 0 Å². The number of hydrogen-bond acceptors (Lipinski definition) is 3. The highest BCUT2D eigenvalue weighted by Gasteiger charge is 2.20. The Balaban J connectivity index is 0.00000361. The molecular formula is C12H19BrClFN2O2S. The van der Waals surface area contributed by atoms with Crippen molar-refractivity contribution in [3.63, 3.8) is 0 Å². The predicted octanol–water partition coefficient (Wildman–Crippen LogP) is 2.66. The number of hydrogen-bond donors (Lipinski definition) is 2. The molecule has 0 fully saturated rings. The lowest BCUT2D eigenvalue weighted by Crippen LogP contribution is -2.41. The molecule has 0 aromatic heterocycles. The number of nitrogens with two attached hydrogens (primary N) is 1. The summed E-state index contributed by atoms with van der Waals surface area (Å²) in [4.78, 5) is -0.101. The summed E-state index contributed by atoms with van der Waals surface area (Å²) in [7, 11) is -3.75. The van der Waals surface area contributed by atoms with Crippen molar-refractivity contribution in [1.29, 1.82) is 0 Å². The molecule has 0 radical (unpaired) electrons. The van der Waals surface area contributed by atoms with E-state index in [1.807, 2.05) is 13.8 Å². The highest BCUT2D eigenvalue weighted by atomic mass is 79.9. The van der Waals surface area contributed by atoms with Crippen LogP contribution in [0.4, 0.5) is 4.39 Å². The van der Waals surface area contributed by atoms with Crippen LogP contribution >= 0.6 is 28.3 Å². The van der Waals surface area contributed by atoms with Crippen molar-refractivity contribution in [2.75, 3.05) is 6.54 Å². The Morgan fingerprint density at radius 2 is 2.00 bits per heavy atom. The number of sulfonamides is 1. The molecule has 20 heavy (non-hydrogen) atoms. The van der Waals surface area contributed by atoms with Crippen LogP contribution in [-0.2, 0) is 10.0 Å². The molecule has 0 aliphatic carbocycles. The normalized spacial score (nSPS) is 13.1. The molecule has 0 aliphatic rings. The molecule has 1 atom stereocenters. The Morgan fingerprint density at radius 1 is 1.40 bits per heavy atom. The summed E-state index contributed by atoms with van der Waals surface area (Å²) in [5, 5.41) is 0. The van der Waals surface area contributed by atoms with Crippen LogP contribution in [0.25, 0.3) is 0 Å². The molecule has 0 saturated heterocycles. The second kappa shape index (κ2) is 8.29. The van der Waals surface area contributed by atoms with E-state index in [2.05, 4.69) is 20.7 Å². The molecule has 8 heteroatoms. The van der Waals surface area contributed by atoms with E-state index in [1.54, 1.807) is 0 Å². The van der Waals surface area contributed by atoms with Crippen molar-refractivity contribution >= 4 is 38.4 Å². The van der Waals surface area contributed by atoms with Gasteiger partial charge in [0.15, 0.2) is 0 Å². The van der Waals surface area contributed by atoms with Crippen LogP contribution < -0.4 is 10.5 Å². The smallest absolute Gasteiger partial charge is 0.240 e. The predicted molar refractivity (Wildman–Crippen MR) is 84.0 cm³/mol. The van der Waals surface area contributed by atoms with E-state index in [0.29, 0.717) is 12.3 Å². The highest BCUT2D eigenvalue weighted by Crippen LogP contribution is 2.19. The quantitative estimate of drug-likeness (QED) is 0.785. The van der Waals surface area contributed by atoms with E-state index in [1.165, 1.54) is 12.1 Å². The van der Waals surface area contributed by atoms with Crippen molar-refractivity contribution in [3.05, 3.63) is 28.5 Å². The maximum atomic E-state index is 13.4. The van der Waals surface area contributed by atoms with Gasteiger partial charge in [0.05, 0.1) is 9.37 Å². The fourth-order valence-electron chi connectivity index (χ4n) is 1.69. The van der Waals surface area contributed by atoms with Crippen LogP contribution in [0.1, 0.15) is 20.3 Å². The Hall–Kier alpha value is -0.210. The van der Waals surface area contributed by atoms with E-state index < -0.39 is 15.8 Å². The zero-order chi connectivity index (χ0) is 14.6. The van der Waals surface area contributed by atoms with E-state index in [0.717, 1.165) is 6.07 Å². The van der Waals surface area contributed by atoms with Gasteiger partial charge in [-0.15, -0.1) is 12.4 Å². The Bertz CT molecular complexity index is 540. The summed E-state index contributed by atoms with van der Waals surface area (Å²) < 4.78 is 40.3. The zero-order valence-corrected chi connectivity index (χ0v) is 14.5. The first-order valence-corrected chi connectivity index (χ1v) is 8.21. The number of halogens is 3. The minimum absolute atomic E-state index is 0. The van der Waals surface area contributed by atoms with Crippen molar-refractivity contribution in [2.24, 2.45) is 11.7 Å². The van der Waals surface area contributed by atoms with Crippen LogP contribution in [0.5, 0.6) is 0 Å². The summed E-state index contributed by atoms with van der Waals surface area (Å²) in [6.45, 7) is 4.17. The fraction of sp³-hybridized carbons (Fsp3) is 0.500. The lowest BCUT2D eigenvalue weighted by Gasteiger charge is -2.18. The molecule has 1 aromatic carbocycles. The maximum absolute atomic E-state index is 13.4. The number of benzene rings is 1. The molecule has 116 valence electrons. The molecular weight excluding hydrogens is 371 g/mol. The molecule has 0 heterocycles. The standard InChI is InChI=1S/C12H18BrFN2O2S.ClH/c1-8(2)5-9(7-15)16-19(17,18)10-3-4-11(13)12(14)6-10;/h3-4,6,8-9,16H,5,7,15H2,1-2H3;1H. The van der Waals surface area contributed by atoms with Gasteiger partial charge in [-0.25, -0.2) is 17.5 Å². The molecule has 4 nitrogen and oxygen atoms in total. The van der Waals surface area contributed by atoms with Gasteiger partial charge < -0.3 is 5.73 Å². The largest absolute Gasteiger partial charge is 0.329 e. The molecule has 0 amide bonds. The summed E-state index contributed by atoms with van der Waals surface area (Å²) in [5.74, 6) is -0.297. The minimum atomic E-state index is -3.75. The van der Waals surface area contributed by atoms with Gasteiger partial charge >= 0.3 is 0 Å². The Kier molecular flexibility index (Phi) is 8.20. The first kappa shape index (κ1) is 19.8. The maximum Gasteiger partial charge on any atom is 0.240 e. The summed E-state index contributed by atoms with van der Waals surface area (Å²) in [5.41, 5.74) is 5.55. The highest BCUT2D eigenvalue weighted by molar-refractivity contribution is 9.10. The lowest BCUT2D eigenvalue weighted by atomic mass is 10.1. The zero-order valence-electron chi connectivity index (χ0n) is 11.3. The molecule has 1 unspecified atom stereocenters. The SMILES string of the molecule is CC(C)CC(CN)NS(=O)(=O)c1ccc(Br)c(F)c1.Cl. The van der Waals surface area contributed by atoms with Crippen LogP contribution in [0, 0.1) is 11.7 Å².